The van der Waals surface area contributed by atoms with Crippen molar-refractivity contribution in [3.63, 3.8) is 0 Å². The maximum atomic E-state index is 12.4. The third-order valence-electron chi connectivity index (χ3n) is 4.71. The Labute approximate surface area is 135 Å². The van der Waals surface area contributed by atoms with Gasteiger partial charge in [0.2, 0.25) is 0 Å². The topological polar surface area (TPSA) is 63.1 Å². The molecule has 0 radical (unpaired) electrons. The number of imidazole rings is 1. The number of anilines is 1. The molecule has 0 aliphatic carbocycles. The number of aromatic nitrogens is 3. The molecule has 0 aromatic carbocycles. The summed E-state index contributed by atoms with van der Waals surface area (Å²) in [7, 11) is 0. The summed E-state index contributed by atoms with van der Waals surface area (Å²) in [5, 5.41) is 3.11. The van der Waals surface area contributed by atoms with Gasteiger partial charge in [-0.2, -0.15) is 0 Å². The van der Waals surface area contributed by atoms with E-state index in [9.17, 15) is 4.79 Å². The zero-order chi connectivity index (χ0) is 15.6. The number of aryl methyl sites for hydroxylation is 1. The highest BCUT2D eigenvalue weighted by Crippen LogP contribution is 2.18. The van der Waals surface area contributed by atoms with Crippen LogP contribution in [0.25, 0.3) is 0 Å². The molecular formula is C17H21N5O. The molecule has 6 nitrogen and oxygen atoms in total. The highest BCUT2D eigenvalue weighted by atomic mass is 16.1. The van der Waals surface area contributed by atoms with Gasteiger partial charge in [0.1, 0.15) is 11.6 Å². The molecule has 2 aromatic rings. The number of hydrogen-bond donors (Lipinski definition) is 1. The molecule has 1 saturated heterocycles. The molecule has 2 aliphatic heterocycles. The Balaban J connectivity index is 1.39. The monoisotopic (exact) mass is 311 g/mol. The number of nitrogens with one attached hydrogen (secondary N) is 1. The van der Waals surface area contributed by atoms with Crippen molar-refractivity contribution in [2.75, 3.05) is 18.0 Å². The standard InChI is InChI=1S/C17H21N5O/c23-17(20-14-4-6-15-18-7-10-22(15)12-14)13-3-5-16(19-11-13)21-8-1-2-9-21/h3,5,7,10-11,14H,1-2,4,6,8-9,12H2,(H,20,23)/t14-/m0/s1. The van der Waals surface area contributed by atoms with Gasteiger partial charge in [-0.1, -0.05) is 0 Å². The second kappa shape index (κ2) is 6.02. The average molecular weight is 311 g/mol. The molecule has 6 heteroatoms. The summed E-state index contributed by atoms with van der Waals surface area (Å²) in [6, 6.07) is 3.98. The fourth-order valence-corrected chi connectivity index (χ4v) is 3.41. The van der Waals surface area contributed by atoms with Crippen molar-refractivity contribution in [3.05, 3.63) is 42.1 Å². The van der Waals surface area contributed by atoms with Gasteiger partial charge in [0.25, 0.3) is 5.91 Å². The van der Waals surface area contributed by atoms with E-state index in [1.54, 1.807) is 6.20 Å². The molecule has 4 rings (SSSR count). The largest absolute Gasteiger partial charge is 0.357 e. The molecule has 1 N–H and O–H groups in total. The lowest BCUT2D eigenvalue weighted by Crippen LogP contribution is -2.40. The summed E-state index contributed by atoms with van der Waals surface area (Å²) in [4.78, 5) is 23.4. The predicted octanol–water partition coefficient (Wildman–Crippen LogP) is 1.62. The molecule has 0 bridgehead atoms. The summed E-state index contributed by atoms with van der Waals surface area (Å²) in [5.41, 5.74) is 0.629. The molecule has 23 heavy (non-hydrogen) atoms. The summed E-state index contributed by atoms with van der Waals surface area (Å²) in [5.74, 6) is 2.03. The van der Waals surface area contributed by atoms with Crippen LogP contribution in [-0.4, -0.2) is 39.6 Å². The highest BCUT2D eigenvalue weighted by Gasteiger charge is 2.21. The lowest BCUT2D eigenvalue weighted by atomic mass is 10.1. The molecule has 4 heterocycles. The molecule has 1 amide bonds. The minimum atomic E-state index is -0.0426. The van der Waals surface area contributed by atoms with Crippen LogP contribution in [0.1, 0.15) is 35.4 Å². The fraction of sp³-hybridized carbons (Fsp3) is 0.471. The summed E-state index contributed by atoms with van der Waals surface area (Å²) in [6.07, 6.45) is 9.77. The van der Waals surface area contributed by atoms with E-state index in [0.717, 1.165) is 44.1 Å². The number of pyridine rings is 1. The molecule has 0 saturated carbocycles. The SMILES string of the molecule is O=C(N[C@H]1CCc2nccn2C1)c1ccc(N2CCCC2)nc1. The Kier molecular flexibility index (Phi) is 3.73. The highest BCUT2D eigenvalue weighted by molar-refractivity contribution is 5.94. The van der Waals surface area contributed by atoms with Crippen molar-refractivity contribution in [1.82, 2.24) is 19.9 Å². The number of nitrogens with zero attached hydrogens (tertiary/aromatic N) is 4. The molecule has 1 fully saturated rings. The van der Waals surface area contributed by atoms with E-state index in [4.69, 9.17) is 0 Å². The number of hydrogen-bond acceptors (Lipinski definition) is 4. The molecule has 1 atom stereocenters. The van der Waals surface area contributed by atoms with Gasteiger partial charge in [0.05, 0.1) is 5.56 Å². The van der Waals surface area contributed by atoms with Crippen molar-refractivity contribution < 1.29 is 4.79 Å². The van der Waals surface area contributed by atoms with E-state index < -0.39 is 0 Å². The van der Waals surface area contributed by atoms with Gasteiger partial charge in [-0.3, -0.25) is 4.79 Å². The van der Waals surface area contributed by atoms with Crippen LogP contribution in [0.15, 0.2) is 30.7 Å². The Morgan fingerprint density at radius 1 is 1.22 bits per heavy atom. The second-order valence-corrected chi connectivity index (χ2v) is 6.30. The first-order chi connectivity index (χ1) is 11.3. The Hall–Kier alpha value is -2.37. The van der Waals surface area contributed by atoms with Gasteiger partial charge in [-0.25, -0.2) is 9.97 Å². The van der Waals surface area contributed by atoms with Crippen LogP contribution in [0.4, 0.5) is 5.82 Å². The van der Waals surface area contributed by atoms with Gasteiger partial charge >= 0.3 is 0 Å². The average Bonchev–Trinajstić information content (AvgIpc) is 3.26. The first kappa shape index (κ1) is 14.2. The fourth-order valence-electron chi connectivity index (χ4n) is 3.41. The van der Waals surface area contributed by atoms with E-state index in [0.29, 0.717) is 5.56 Å². The second-order valence-electron chi connectivity index (χ2n) is 6.30. The molecule has 120 valence electrons. The van der Waals surface area contributed by atoms with Crippen molar-refractivity contribution in [2.24, 2.45) is 0 Å². The van der Waals surface area contributed by atoms with Crippen LogP contribution < -0.4 is 10.2 Å². The van der Waals surface area contributed by atoms with E-state index >= 15 is 0 Å². The van der Waals surface area contributed by atoms with Crippen molar-refractivity contribution in [3.8, 4) is 0 Å². The van der Waals surface area contributed by atoms with Crippen molar-refractivity contribution >= 4 is 11.7 Å². The van der Waals surface area contributed by atoms with Crippen LogP contribution in [0.3, 0.4) is 0 Å². The summed E-state index contributed by atoms with van der Waals surface area (Å²) >= 11 is 0. The normalized spacial score (nSPS) is 20.3. The van der Waals surface area contributed by atoms with Gasteiger partial charge in [0.15, 0.2) is 0 Å². The third-order valence-corrected chi connectivity index (χ3v) is 4.71. The minimum absolute atomic E-state index is 0.0426. The van der Waals surface area contributed by atoms with Crippen molar-refractivity contribution in [2.45, 2.75) is 38.3 Å². The van der Waals surface area contributed by atoms with Crippen LogP contribution in [0, 0.1) is 0 Å². The zero-order valence-electron chi connectivity index (χ0n) is 13.1. The van der Waals surface area contributed by atoms with E-state index in [1.165, 1.54) is 12.8 Å². The predicted molar refractivity (Wildman–Crippen MR) is 87.5 cm³/mol. The molecular weight excluding hydrogens is 290 g/mol. The smallest absolute Gasteiger partial charge is 0.253 e. The maximum Gasteiger partial charge on any atom is 0.253 e. The van der Waals surface area contributed by atoms with Gasteiger partial charge in [0, 0.05) is 50.7 Å². The summed E-state index contributed by atoms with van der Waals surface area (Å²) < 4.78 is 2.11. The maximum absolute atomic E-state index is 12.4. The number of rotatable bonds is 3. The van der Waals surface area contributed by atoms with Gasteiger partial charge < -0.3 is 14.8 Å². The van der Waals surface area contributed by atoms with Crippen LogP contribution in [0.2, 0.25) is 0 Å². The lowest BCUT2D eigenvalue weighted by molar-refractivity contribution is 0.0927. The molecule has 2 aliphatic rings. The van der Waals surface area contributed by atoms with E-state index in [-0.39, 0.29) is 11.9 Å². The first-order valence-corrected chi connectivity index (χ1v) is 8.31. The first-order valence-electron chi connectivity index (χ1n) is 8.31. The molecule has 0 unspecified atom stereocenters. The Morgan fingerprint density at radius 2 is 2.09 bits per heavy atom. The zero-order valence-corrected chi connectivity index (χ0v) is 13.1. The van der Waals surface area contributed by atoms with Gasteiger partial charge in [-0.05, 0) is 31.4 Å². The Bertz CT molecular complexity index is 687. The van der Waals surface area contributed by atoms with Crippen LogP contribution >= 0.6 is 0 Å². The van der Waals surface area contributed by atoms with Gasteiger partial charge in [-0.15, -0.1) is 0 Å². The number of carbonyl (C=O) groups excluding carboxylic acids is 1. The molecule has 0 spiro atoms. The number of carbonyl (C=O) groups is 1. The van der Waals surface area contributed by atoms with Crippen LogP contribution in [-0.2, 0) is 13.0 Å². The summed E-state index contributed by atoms with van der Waals surface area (Å²) in [6.45, 7) is 2.92. The third kappa shape index (κ3) is 2.93. The van der Waals surface area contributed by atoms with E-state index in [2.05, 4.69) is 24.8 Å². The number of amides is 1. The van der Waals surface area contributed by atoms with Crippen LogP contribution in [0.5, 0.6) is 0 Å². The van der Waals surface area contributed by atoms with Crippen molar-refractivity contribution in [1.29, 1.82) is 0 Å². The Morgan fingerprint density at radius 3 is 2.87 bits per heavy atom. The quantitative estimate of drug-likeness (QED) is 0.936. The molecule has 2 aromatic heterocycles. The van der Waals surface area contributed by atoms with E-state index in [1.807, 2.05) is 24.5 Å². The lowest BCUT2D eigenvalue weighted by Gasteiger charge is -2.24. The minimum Gasteiger partial charge on any atom is -0.357 e. The number of fused-ring (bicyclic) bond motifs is 1.